The molecule has 144 valence electrons. The van der Waals surface area contributed by atoms with Crippen LogP contribution in [-0.2, 0) is 12.0 Å². The standard InChI is InChI=1S/C23H23ClN2O2/c1-15(20-14-25-21-13-18(24)3-4-19(20)21)26-9-7-23(27,8-10-26)17-2-5-22-16(12-17)6-11-28-22/h2-5,12-14,25,27H,1,6-11H2. The maximum Gasteiger partial charge on any atom is 0.122 e. The molecule has 2 aliphatic heterocycles. The number of benzene rings is 2. The Morgan fingerprint density at radius 1 is 1.18 bits per heavy atom. The lowest BCUT2D eigenvalue weighted by Crippen LogP contribution is -2.41. The zero-order chi connectivity index (χ0) is 19.3. The zero-order valence-corrected chi connectivity index (χ0v) is 16.4. The van der Waals surface area contributed by atoms with Crippen LogP contribution >= 0.6 is 11.6 Å². The summed E-state index contributed by atoms with van der Waals surface area (Å²) in [6.07, 6.45) is 4.27. The Morgan fingerprint density at radius 3 is 2.82 bits per heavy atom. The molecule has 0 radical (unpaired) electrons. The van der Waals surface area contributed by atoms with Crippen molar-refractivity contribution in [3.05, 3.63) is 70.9 Å². The van der Waals surface area contributed by atoms with Gasteiger partial charge in [-0.25, -0.2) is 0 Å². The summed E-state index contributed by atoms with van der Waals surface area (Å²) in [6, 6.07) is 12.0. The molecule has 2 aliphatic rings. The maximum absolute atomic E-state index is 11.3. The van der Waals surface area contributed by atoms with Crippen molar-refractivity contribution in [1.82, 2.24) is 9.88 Å². The molecule has 28 heavy (non-hydrogen) atoms. The van der Waals surface area contributed by atoms with Crippen LogP contribution in [0.4, 0.5) is 0 Å². The van der Waals surface area contributed by atoms with Crippen molar-refractivity contribution < 1.29 is 9.84 Å². The molecule has 0 amide bonds. The van der Waals surface area contributed by atoms with Gasteiger partial charge in [-0.15, -0.1) is 0 Å². The first-order valence-corrected chi connectivity index (χ1v) is 10.1. The number of rotatable bonds is 3. The number of nitrogens with zero attached hydrogens (tertiary/aromatic N) is 1. The number of hydrogen-bond acceptors (Lipinski definition) is 3. The van der Waals surface area contributed by atoms with Crippen LogP contribution in [-0.4, -0.2) is 34.7 Å². The van der Waals surface area contributed by atoms with E-state index in [1.165, 1.54) is 5.56 Å². The summed E-state index contributed by atoms with van der Waals surface area (Å²) in [6.45, 7) is 6.61. The van der Waals surface area contributed by atoms with Gasteiger partial charge in [0, 0.05) is 52.9 Å². The molecule has 0 unspecified atom stereocenters. The summed E-state index contributed by atoms with van der Waals surface area (Å²) < 4.78 is 5.59. The van der Waals surface area contributed by atoms with Crippen molar-refractivity contribution in [2.75, 3.05) is 19.7 Å². The molecule has 3 aromatic rings. The van der Waals surface area contributed by atoms with Crippen molar-refractivity contribution in [2.24, 2.45) is 0 Å². The van der Waals surface area contributed by atoms with Crippen LogP contribution in [0.15, 0.2) is 49.2 Å². The number of nitrogens with one attached hydrogen (secondary N) is 1. The van der Waals surface area contributed by atoms with Gasteiger partial charge < -0.3 is 19.7 Å². The molecular weight excluding hydrogens is 372 g/mol. The van der Waals surface area contributed by atoms with Crippen LogP contribution in [0.1, 0.15) is 29.5 Å². The predicted octanol–water partition coefficient (Wildman–Crippen LogP) is 4.71. The van der Waals surface area contributed by atoms with Crippen LogP contribution in [0.2, 0.25) is 5.02 Å². The molecule has 0 bridgehead atoms. The quantitative estimate of drug-likeness (QED) is 0.676. The number of aromatic amines is 1. The van der Waals surface area contributed by atoms with E-state index in [1.54, 1.807) is 0 Å². The Bertz CT molecular complexity index is 1060. The first-order chi connectivity index (χ1) is 13.5. The van der Waals surface area contributed by atoms with Crippen LogP contribution in [0.5, 0.6) is 5.75 Å². The summed E-state index contributed by atoms with van der Waals surface area (Å²) >= 11 is 6.09. The molecule has 3 heterocycles. The highest BCUT2D eigenvalue weighted by atomic mass is 35.5. The number of hydrogen-bond donors (Lipinski definition) is 2. The molecule has 2 aromatic carbocycles. The smallest absolute Gasteiger partial charge is 0.122 e. The second-order valence-electron chi connectivity index (χ2n) is 7.78. The van der Waals surface area contributed by atoms with Crippen LogP contribution in [0.25, 0.3) is 16.6 Å². The molecule has 0 atom stereocenters. The van der Waals surface area contributed by atoms with Gasteiger partial charge in [0.2, 0.25) is 0 Å². The second kappa shape index (κ2) is 6.57. The van der Waals surface area contributed by atoms with E-state index in [1.807, 2.05) is 36.5 Å². The lowest BCUT2D eigenvalue weighted by Gasteiger charge is -2.40. The summed E-state index contributed by atoms with van der Waals surface area (Å²) in [7, 11) is 0. The number of aliphatic hydroxyl groups is 1. The van der Waals surface area contributed by atoms with Gasteiger partial charge in [-0.2, -0.15) is 0 Å². The largest absolute Gasteiger partial charge is 0.493 e. The van der Waals surface area contributed by atoms with Gasteiger partial charge >= 0.3 is 0 Å². The van der Waals surface area contributed by atoms with Gasteiger partial charge in [0.25, 0.3) is 0 Å². The van der Waals surface area contributed by atoms with E-state index < -0.39 is 5.60 Å². The third-order valence-electron chi connectivity index (χ3n) is 6.15. The zero-order valence-electron chi connectivity index (χ0n) is 15.7. The minimum Gasteiger partial charge on any atom is -0.493 e. The molecule has 0 aliphatic carbocycles. The average molecular weight is 395 g/mol. The normalized spacial score (nSPS) is 18.1. The average Bonchev–Trinajstić information content (AvgIpc) is 3.33. The van der Waals surface area contributed by atoms with Gasteiger partial charge in [-0.3, -0.25) is 0 Å². The maximum atomic E-state index is 11.3. The number of likely N-dealkylation sites (tertiary alicyclic amines) is 1. The highest BCUT2D eigenvalue weighted by Crippen LogP contribution is 2.38. The first kappa shape index (κ1) is 17.7. The number of piperidine rings is 1. The first-order valence-electron chi connectivity index (χ1n) is 9.73. The number of H-pyrrole nitrogens is 1. The fourth-order valence-electron chi connectivity index (χ4n) is 4.42. The molecule has 0 spiro atoms. The van der Waals surface area contributed by atoms with E-state index in [0.29, 0.717) is 17.9 Å². The fourth-order valence-corrected chi connectivity index (χ4v) is 4.59. The molecule has 5 rings (SSSR count). The monoisotopic (exact) mass is 394 g/mol. The Kier molecular flexibility index (Phi) is 4.14. The van der Waals surface area contributed by atoms with Crippen LogP contribution in [0, 0.1) is 0 Å². The Morgan fingerprint density at radius 2 is 2.00 bits per heavy atom. The Hall–Kier alpha value is -2.43. The highest BCUT2D eigenvalue weighted by molar-refractivity contribution is 6.31. The molecule has 1 saturated heterocycles. The molecule has 2 N–H and O–H groups in total. The van der Waals surface area contributed by atoms with Crippen LogP contribution in [0.3, 0.4) is 0 Å². The summed E-state index contributed by atoms with van der Waals surface area (Å²) in [4.78, 5) is 5.55. The minimum atomic E-state index is -0.790. The SMILES string of the molecule is C=C(c1c[nH]c2cc(Cl)ccc12)N1CCC(O)(c2ccc3c(c2)CCO3)CC1. The van der Waals surface area contributed by atoms with Gasteiger partial charge in [-0.05, 0) is 48.2 Å². The molecule has 0 saturated carbocycles. The van der Waals surface area contributed by atoms with Gasteiger partial charge in [-0.1, -0.05) is 30.3 Å². The Balaban J connectivity index is 1.34. The molecule has 5 heteroatoms. The van der Waals surface area contributed by atoms with E-state index in [4.69, 9.17) is 16.3 Å². The highest BCUT2D eigenvalue weighted by Gasteiger charge is 2.35. The number of aromatic nitrogens is 1. The van der Waals surface area contributed by atoms with Crippen molar-refractivity contribution >= 4 is 28.2 Å². The molecule has 1 aromatic heterocycles. The predicted molar refractivity (Wildman–Crippen MR) is 113 cm³/mol. The number of ether oxygens (including phenoxy) is 1. The van der Waals surface area contributed by atoms with Gasteiger partial charge in [0.1, 0.15) is 5.75 Å². The fraction of sp³-hybridized carbons (Fsp3) is 0.304. The lowest BCUT2D eigenvalue weighted by molar-refractivity contribution is -0.0139. The van der Waals surface area contributed by atoms with Crippen molar-refractivity contribution in [3.63, 3.8) is 0 Å². The van der Waals surface area contributed by atoms with Crippen molar-refractivity contribution in [2.45, 2.75) is 24.9 Å². The topological polar surface area (TPSA) is 48.5 Å². The second-order valence-corrected chi connectivity index (χ2v) is 8.21. The molecule has 4 nitrogen and oxygen atoms in total. The summed E-state index contributed by atoms with van der Waals surface area (Å²) in [5, 5.41) is 13.1. The van der Waals surface area contributed by atoms with Crippen molar-refractivity contribution in [3.8, 4) is 5.75 Å². The van der Waals surface area contributed by atoms with E-state index in [2.05, 4.69) is 22.5 Å². The summed E-state index contributed by atoms with van der Waals surface area (Å²) in [5.74, 6) is 0.956. The lowest BCUT2D eigenvalue weighted by atomic mass is 9.83. The third-order valence-corrected chi connectivity index (χ3v) is 6.39. The van der Waals surface area contributed by atoms with Gasteiger partial charge in [0.05, 0.1) is 12.2 Å². The van der Waals surface area contributed by atoms with E-state index in [0.717, 1.165) is 59.6 Å². The van der Waals surface area contributed by atoms with Crippen molar-refractivity contribution in [1.29, 1.82) is 0 Å². The van der Waals surface area contributed by atoms with E-state index in [9.17, 15) is 5.11 Å². The number of fused-ring (bicyclic) bond motifs is 2. The van der Waals surface area contributed by atoms with Crippen LogP contribution < -0.4 is 4.74 Å². The van der Waals surface area contributed by atoms with Gasteiger partial charge in [0.15, 0.2) is 0 Å². The third kappa shape index (κ3) is 2.88. The van der Waals surface area contributed by atoms with E-state index in [-0.39, 0.29) is 0 Å². The molecular formula is C23H23ClN2O2. The Labute approximate surface area is 169 Å². The van der Waals surface area contributed by atoms with E-state index >= 15 is 0 Å². The minimum absolute atomic E-state index is 0.680. The molecule has 1 fully saturated rings. The number of halogens is 1. The summed E-state index contributed by atoms with van der Waals surface area (Å²) in [5.41, 5.74) is 4.50.